The van der Waals surface area contributed by atoms with E-state index in [-0.39, 0.29) is 11.6 Å². The highest BCUT2D eigenvalue weighted by atomic mass is 16.5. The average molecular weight is 196 g/mol. The van der Waals surface area contributed by atoms with Gasteiger partial charge in [0.1, 0.15) is 0 Å². The molecule has 0 spiro atoms. The van der Waals surface area contributed by atoms with E-state index in [0.717, 1.165) is 24.8 Å². The lowest BCUT2D eigenvalue weighted by molar-refractivity contribution is 0.0587. The Bertz CT molecular complexity index is 355. The smallest absolute Gasteiger partial charge is 0.360 e. The molecule has 1 aromatic rings. The quantitative estimate of drug-likeness (QED) is 0.721. The van der Waals surface area contributed by atoms with Crippen molar-refractivity contribution in [3.8, 4) is 0 Å². The predicted octanol–water partition coefficient (Wildman–Crippen LogP) is 1.31. The summed E-state index contributed by atoms with van der Waals surface area (Å²) in [7, 11) is 1.32. The number of nitrogens with zero attached hydrogens (tertiary/aromatic N) is 1. The van der Waals surface area contributed by atoms with Crippen molar-refractivity contribution in [2.24, 2.45) is 0 Å². The number of ether oxygens (including phenoxy) is 1. The minimum absolute atomic E-state index is 0.231. The lowest BCUT2D eigenvalue weighted by Gasteiger charge is -2.24. The summed E-state index contributed by atoms with van der Waals surface area (Å²) in [4.78, 5) is 11.3. The molecular weight excluding hydrogens is 184 g/mol. The normalized spacial score (nSPS) is 16.4. The zero-order chi connectivity index (χ0) is 10.1. The first kappa shape index (κ1) is 9.05. The zero-order valence-electron chi connectivity index (χ0n) is 7.95. The Balaban J connectivity index is 2.34. The molecule has 0 saturated heterocycles. The van der Waals surface area contributed by atoms with Crippen LogP contribution in [0, 0.1) is 0 Å². The van der Waals surface area contributed by atoms with Crippen LogP contribution in [0.1, 0.15) is 41.2 Å². The van der Waals surface area contributed by atoms with Gasteiger partial charge in [-0.15, -0.1) is 0 Å². The van der Waals surface area contributed by atoms with E-state index in [0.29, 0.717) is 5.92 Å². The molecule has 1 aromatic heterocycles. The summed E-state index contributed by atoms with van der Waals surface area (Å²) in [6, 6.07) is 0. The maximum atomic E-state index is 11.3. The first-order valence-electron chi connectivity index (χ1n) is 4.57. The van der Waals surface area contributed by atoms with Crippen molar-refractivity contribution in [1.29, 1.82) is 0 Å². The largest absolute Gasteiger partial charge is 0.464 e. The molecule has 1 saturated carbocycles. The third-order valence-electron chi connectivity index (χ3n) is 2.65. The van der Waals surface area contributed by atoms with Crippen molar-refractivity contribution in [3.63, 3.8) is 0 Å². The van der Waals surface area contributed by atoms with Crippen LogP contribution < -0.4 is 5.73 Å². The molecule has 14 heavy (non-hydrogen) atoms. The van der Waals surface area contributed by atoms with Crippen LogP contribution in [0.5, 0.6) is 0 Å². The van der Waals surface area contributed by atoms with E-state index in [9.17, 15) is 4.79 Å². The molecule has 1 aliphatic rings. The summed E-state index contributed by atoms with van der Waals surface area (Å²) < 4.78 is 9.39. The molecule has 5 heteroatoms. The van der Waals surface area contributed by atoms with Gasteiger partial charge in [-0.05, 0) is 18.8 Å². The van der Waals surface area contributed by atoms with Gasteiger partial charge in [-0.3, -0.25) is 0 Å². The van der Waals surface area contributed by atoms with E-state index in [1.807, 2.05) is 0 Å². The first-order valence-corrected chi connectivity index (χ1v) is 4.57. The summed E-state index contributed by atoms with van der Waals surface area (Å²) in [6.45, 7) is 0. The Labute approximate surface area is 81.2 Å². The number of carbonyl (C=O) groups excluding carboxylic acids is 1. The second kappa shape index (κ2) is 3.32. The summed E-state index contributed by atoms with van der Waals surface area (Å²) in [6.07, 6.45) is 3.24. The third-order valence-corrected chi connectivity index (χ3v) is 2.65. The summed E-state index contributed by atoms with van der Waals surface area (Å²) in [5.74, 6) is 0.0813. The van der Waals surface area contributed by atoms with Gasteiger partial charge >= 0.3 is 5.97 Å². The van der Waals surface area contributed by atoms with E-state index < -0.39 is 5.97 Å². The van der Waals surface area contributed by atoms with Gasteiger partial charge in [0.25, 0.3) is 0 Å². The van der Waals surface area contributed by atoms with Crippen molar-refractivity contribution in [2.75, 3.05) is 12.8 Å². The molecule has 1 aliphatic carbocycles. The molecule has 76 valence electrons. The molecule has 0 radical (unpaired) electrons. The van der Waals surface area contributed by atoms with Crippen molar-refractivity contribution < 1.29 is 14.1 Å². The lowest BCUT2D eigenvalue weighted by atomic mass is 9.80. The van der Waals surface area contributed by atoms with E-state index in [1.165, 1.54) is 7.11 Å². The maximum Gasteiger partial charge on any atom is 0.360 e. The minimum atomic E-state index is -0.479. The molecule has 1 heterocycles. The number of carbonyl (C=O) groups is 1. The second-order valence-corrected chi connectivity index (χ2v) is 3.43. The predicted molar refractivity (Wildman–Crippen MR) is 48.8 cm³/mol. The highest BCUT2D eigenvalue weighted by Crippen LogP contribution is 2.40. The molecule has 0 amide bonds. The average Bonchev–Trinajstić information content (AvgIpc) is 2.45. The summed E-state index contributed by atoms with van der Waals surface area (Å²) >= 11 is 0. The van der Waals surface area contributed by atoms with Gasteiger partial charge in [0.05, 0.1) is 12.7 Å². The summed E-state index contributed by atoms with van der Waals surface area (Å²) in [5, 5.41) is 3.61. The molecular formula is C9H12N2O3. The Hall–Kier alpha value is -1.52. The van der Waals surface area contributed by atoms with Crippen LogP contribution in [-0.2, 0) is 4.74 Å². The molecule has 0 aromatic carbocycles. The van der Waals surface area contributed by atoms with Crippen LogP contribution in [0.2, 0.25) is 0 Å². The number of nitrogen functional groups attached to an aromatic ring is 1. The Kier molecular flexibility index (Phi) is 2.15. The van der Waals surface area contributed by atoms with E-state index in [1.54, 1.807) is 0 Å². The Morgan fingerprint density at radius 3 is 2.86 bits per heavy atom. The number of methoxy groups -OCH3 is 1. The van der Waals surface area contributed by atoms with E-state index >= 15 is 0 Å². The number of nitrogens with two attached hydrogens (primary N) is 1. The summed E-state index contributed by atoms with van der Waals surface area (Å²) in [5.41, 5.74) is 6.56. The van der Waals surface area contributed by atoms with E-state index in [4.69, 9.17) is 10.3 Å². The molecule has 5 nitrogen and oxygen atoms in total. The van der Waals surface area contributed by atoms with Crippen LogP contribution >= 0.6 is 0 Å². The fourth-order valence-corrected chi connectivity index (χ4v) is 1.65. The number of hydrogen-bond donors (Lipinski definition) is 1. The monoisotopic (exact) mass is 196 g/mol. The second-order valence-electron chi connectivity index (χ2n) is 3.43. The van der Waals surface area contributed by atoms with Crippen molar-refractivity contribution in [3.05, 3.63) is 11.3 Å². The fraction of sp³-hybridized carbons (Fsp3) is 0.556. The molecule has 1 fully saturated rings. The molecule has 0 unspecified atom stereocenters. The van der Waals surface area contributed by atoms with Gasteiger partial charge in [-0.1, -0.05) is 11.6 Å². The van der Waals surface area contributed by atoms with Crippen molar-refractivity contribution in [2.45, 2.75) is 25.2 Å². The highest BCUT2D eigenvalue weighted by Gasteiger charge is 2.31. The number of anilines is 1. The number of rotatable bonds is 2. The molecule has 0 atom stereocenters. The van der Waals surface area contributed by atoms with E-state index in [2.05, 4.69) is 9.89 Å². The van der Waals surface area contributed by atoms with Crippen LogP contribution in [-0.4, -0.2) is 18.2 Å². The van der Waals surface area contributed by atoms with Crippen LogP contribution in [0.4, 0.5) is 5.88 Å². The minimum Gasteiger partial charge on any atom is -0.464 e. The Morgan fingerprint density at radius 1 is 1.64 bits per heavy atom. The lowest BCUT2D eigenvalue weighted by Crippen LogP contribution is -2.15. The Morgan fingerprint density at radius 2 is 2.36 bits per heavy atom. The number of hydrogen-bond acceptors (Lipinski definition) is 5. The van der Waals surface area contributed by atoms with Crippen LogP contribution in [0.25, 0.3) is 0 Å². The van der Waals surface area contributed by atoms with Crippen molar-refractivity contribution in [1.82, 2.24) is 5.16 Å². The van der Waals surface area contributed by atoms with Crippen molar-refractivity contribution >= 4 is 11.9 Å². The zero-order valence-corrected chi connectivity index (χ0v) is 7.95. The molecule has 0 bridgehead atoms. The van der Waals surface area contributed by atoms with Crippen LogP contribution in [0.15, 0.2) is 4.52 Å². The SMILES string of the molecule is COC(=O)c1noc(N)c1C1CCC1. The fourth-order valence-electron chi connectivity index (χ4n) is 1.65. The molecule has 2 rings (SSSR count). The third kappa shape index (κ3) is 1.25. The van der Waals surface area contributed by atoms with Gasteiger partial charge in [0.15, 0.2) is 5.69 Å². The van der Waals surface area contributed by atoms with Gasteiger partial charge in [-0.2, -0.15) is 0 Å². The van der Waals surface area contributed by atoms with Gasteiger partial charge in [0, 0.05) is 0 Å². The maximum absolute atomic E-state index is 11.3. The standard InChI is InChI=1S/C9H12N2O3/c1-13-9(12)7-6(5-3-2-4-5)8(10)14-11-7/h5H,2-4,10H2,1H3. The van der Waals surface area contributed by atoms with Crippen LogP contribution in [0.3, 0.4) is 0 Å². The van der Waals surface area contributed by atoms with Gasteiger partial charge < -0.3 is 15.0 Å². The number of esters is 1. The molecule has 0 aliphatic heterocycles. The first-order chi connectivity index (χ1) is 6.74. The topological polar surface area (TPSA) is 78.3 Å². The highest BCUT2D eigenvalue weighted by molar-refractivity contribution is 5.90. The number of aromatic nitrogens is 1. The van der Waals surface area contributed by atoms with Gasteiger partial charge in [0.2, 0.25) is 5.88 Å². The molecule has 2 N–H and O–H groups in total. The van der Waals surface area contributed by atoms with Gasteiger partial charge in [-0.25, -0.2) is 4.79 Å².